The second kappa shape index (κ2) is 6.49. The monoisotopic (exact) mass is 323 g/mol. The summed E-state index contributed by atoms with van der Waals surface area (Å²) < 4.78 is 1.64. The SMILES string of the molecule is Cc1cccc(C)c1NC(=O)CNC(=O)c1ccc2nncn2c1. The molecule has 0 bridgehead atoms. The molecule has 7 heteroatoms. The molecule has 3 aromatic rings. The standard InChI is InChI=1S/C17H17N5O2/c1-11-4-3-5-12(2)16(11)20-15(23)8-18-17(24)13-6-7-14-21-19-10-22(14)9-13/h3-7,9-10H,8H2,1-2H3,(H,18,24)(H,20,23). The molecular weight excluding hydrogens is 306 g/mol. The molecule has 0 radical (unpaired) electrons. The summed E-state index contributed by atoms with van der Waals surface area (Å²) in [7, 11) is 0. The fourth-order valence-corrected chi connectivity index (χ4v) is 2.42. The molecule has 0 atom stereocenters. The predicted molar refractivity (Wildman–Crippen MR) is 89.9 cm³/mol. The molecule has 2 aromatic heterocycles. The van der Waals surface area contributed by atoms with Crippen LogP contribution in [0.4, 0.5) is 5.69 Å². The van der Waals surface area contributed by atoms with Crippen LogP contribution in [0.25, 0.3) is 5.65 Å². The van der Waals surface area contributed by atoms with Crippen molar-refractivity contribution in [3.05, 3.63) is 59.5 Å². The largest absolute Gasteiger partial charge is 0.343 e. The number of benzene rings is 1. The smallest absolute Gasteiger partial charge is 0.253 e. The van der Waals surface area contributed by atoms with Gasteiger partial charge in [-0.3, -0.25) is 14.0 Å². The molecule has 2 heterocycles. The van der Waals surface area contributed by atoms with Crippen LogP contribution in [0.1, 0.15) is 21.5 Å². The average Bonchev–Trinajstić information content (AvgIpc) is 3.03. The van der Waals surface area contributed by atoms with Gasteiger partial charge in [0.2, 0.25) is 5.91 Å². The van der Waals surface area contributed by atoms with E-state index in [1.807, 2.05) is 32.0 Å². The van der Waals surface area contributed by atoms with Gasteiger partial charge in [-0.1, -0.05) is 18.2 Å². The van der Waals surface area contributed by atoms with Crippen LogP contribution in [-0.2, 0) is 4.79 Å². The van der Waals surface area contributed by atoms with Gasteiger partial charge in [0.25, 0.3) is 5.91 Å². The van der Waals surface area contributed by atoms with E-state index in [9.17, 15) is 9.59 Å². The number of nitrogens with zero attached hydrogens (tertiary/aromatic N) is 3. The number of aryl methyl sites for hydroxylation is 2. The molecule has 0 saturated carbocycles. The highest BCUT2D eigenvalue weighted by Crippen LogP contribution is 2.19. The molecule has 3 rings (SSSR count). The summed E-state index contributed by atoms with van der Waals surface area (Å²) in [5.74, 6) is -0.603. The first-order valence-corrected chi connectivity index (χ1v) is 7.48. The van der Waals surface area contributed by atoms with Crippen molar-refractivity contribution in [1.29, 1.82) is 0 Å². The molecule has 0 aliphatic rings. The second-order valence-corrected chi connectivity index (χ2v) is 5.51. The van der Waals surface area contributed by atoms with E-state index in [0.29, 0.717) is 11.2 Å². The van der Waals surface area contributed by atoms with Gasteiger partial charge in [0.1, 0.15) is 6.33 Å². The maximum Gasteiger partial charge on any atom is 0.253 e. The number of carbonyl (C=O) groups is 2. The number of para-hydroxylation sites is 1. The number of amides is 2. The van der Waals surface area contributed by atoms with Crippen molar-refractivity contribution in [1.82, 2.24) is 19.9 Å². The van der Waals surface area contributed by atoms with Crippen molar-refractivity contribution >= 4 is 23.1 Å². The van der Waals surface area contributed by atoms with E-state index in [4.69, 9.17) is 0 Å². The van der Waals surface area contributed by atoms with Gasteiger partial charge in [0.05, 0.1) is 12.1 Å². The zero-order chi connectivity index (χ0) is 17.1. The van der Waals surface area contributed by atoms with Crippen molar-refractivity contribution in [2.24, 2.45) is 0 Å². The van der Waals surface area contributed by atoms with E-state index < -0.39 is 0 Å². The Hall–Kier alpha value is -3.22. The third-order valence-electron chi connectivity index (χ3n) is 3.71. The minimum atomic E-state index is -0.331. The van der Waals surface area contributed by atoms with Crippen LogP contribution < -0.4 is 10.6 Å². The first-order valence-electron chi connectivity index (χ1n) is 7.48. The van der Waals surface area contributed by atoms with Crippen molar-refractivity contribution in [3.8, 4) is 0 Å². The third-order valence-corrected chi connectivity index (χ3v) is 3.71. The Bertz CT molecular complexity index is 896. The fourth-order valence-electron chi connectivity index (χ4n) is 2.42. The number of hydrogen-bond donors (Lipinski definition) is 2. The number of fused-ring (bicyclic) bond motifs is 1. The van der Waals surface area contributed by atoms with E-state index >= 15 is 0 Å². The zero-order valence-corrected chi connectivity index (χ0v) is 13.4. The minimum Gasteiger partial charge on any atom is -0.343 e. The summed E-state index contributed by atoms with van der Waals surface area (Å²) in [6, 6.07) is 9.12. The molecular formula is C17H17N5O2. The lowest BCUT2D eigenvalue weighted by atomic mass is 10.1. The van der Waals surface area contributed by atoms with Crippen molar-refractivity contribution in [3.63, 3.8) is 0 Å². The quantitative estimate of drug-likeness (QED) is 0.765. The van der Waals surface area contributed by atoms with Gasteiger partial charge >= 0.3 is 0 Å². The van der Waals surface area contributed by atoms with Crippen LogP contribution in [0.2, 0.25) is 0 Å². The van der Waals surface area contributed by atoms with Gasteiger partial charge in [-0.15, -0.1) is 10.2 Å². The summed E-state index contributed by atoms with van der Waals surface area (Å²) in [5, 5.41) is 13.1. The summed E-state index contributed by atoms with van der Waals surface area (Å²) in [6.07, 6.45) is 3.13. The molecule has 0 aliphatic heterocycles. The molecule has 122 valence electrons. The van der Waals surface area contributed by atoms with E-state index in [0.717, 1.165) is 16.8 Å². The Morgan fingerprint density at radius 2 is 1.88 bits per heavy atom. The normalized spacial score (nSPS) is 10.6. The van der Waals surface area contributed by atoms with Crippen LogP contribution in [0.15, 0.2) is 42.9 Å². The maximum atomic E-state index is 12.2. The molecule has 24 heavy (non-hydrogen) atoms. The predicted octanol–water partition coefficient (Wildman–Crippen LogP) is 1.71. The van der Waals surface area contributed by atoms with E-state index in [1.54, 1.807) is 22.7 Å². The van der Waals surface area contributed by atoms with Crippen LogP contribution in [0.3, 0.4) is 0 Å². The first kappa shape index (κ1) is 15.7. The molecule has 0 spiro atoms. The highest BCUT2D eigenvalue weighted by molar-refractivity contribution is 5.99. The number of rotatable bonds is 4. The van der Waals surface area contributed by atoms with E-state index in [-0.39, 0.29) is 18.4 Å². The molecule has 1 aromatic carbocycles. The van der Waals surface area contributed by atoms with Crippen LogP contribution in [0, 0.1) is 13.8 Å². The highest BCUT2D eigenvalue weighted by Gasteiger charge is 2.11. The van der Waals surface area contributed by atoms with Crippen molar-refractivity contribution in [2.75, 3.05) is 11.9 Å². The minimum absolute atomic E-state index is 0.104. The molecule has 0 fully saturated rings. The molecule has 0 aliphatic carbocycles. The molecule has 0 unspecified atom stereocenters. The summed E-state index contributed by atoms with van der Waals surface area (Å²) in [5.41, 5.74) is 3.82. The number of pyridine rings is 1. The first-order chi connectivity index (χ1) is 11.5. The van der Waals surface area contributed by atoms with Crippen molar-refractivity contribution in [2.45, 2.75) is 13.8 Å². The molecule has 2 amide bonds. The highest BCUT2D eigenvalue weighted by atomic mass is 16.2. The van der Waals surface area contributed by atoms with Gasteiger partial charge in [-0.05, 0) is 37.1 Å². The lowest BCUT2D eigenvalue weighted by Gasteiger charge is -2.12. The Balaban J connectivity index is 1.62. The maximum absolute atomic E-state index is 12.2. The molecule has 7 nitrogen and oxygen atoms in total. The van der Waals surface area contributed by atoms with Gasteiger partial charge in [-0.25, -0.2) is 0 Å². The lowest BCUT2D eigenvalue weighted by Crippen LogP contribution is -2.33. The zero-order valence-electron chi connectivity index (χ0n) is 13.4. The Kier molecular flexibility index (Phi) is 4.24. The van der Waals surface area contributed by atoms with Crippen LogP contribution >= 0.6 is 0 Å². The number of carbonyl (C=O) groups excluding carboxylic acids is 2. The second-order valence-electron chi connectivity index (χ2n) is 5.51. The summed E-state index contributed by atoms with van der Waals surface area (Å²) in [6.45, 7) is 3.75. The number of anilines is 1. The molecule has 0 saturated heterocycles. The van der Waals surface area contributed by atoms with Gasteiger partial charge in [0.15, 0.2) is 5.65 Å². The topological polar surface area (TPSA) is 88.4 Å². The number of hydrogen-bond acceptors (Lipinski definition) is 4. The molecule has 2 N–H and O–H groups in total. The van der Waals surface area contributed by atoms with Crippen molar-refractivity contribution < 1.29 is 9.59 Å². The van der Waals surface area contributed by atoms with Crippen LogP contribution in [-0.4, -0.2) is 33.0 Å². The fraction of sp³-hybridized carbons (Fsp3) is 0.176. The Morgan fingerprint density at radius 1 is 1.12 bits per heavy atom. The lowest BCUT2D eigenvalue weighted by molar-refractivity contribution is -0.115. The summed E-state index contributed by atoms with van der Waals surface area (Å²) in [4.78, 5) is 24.2. The van der Waals surface area contributed by atoms with Gasteiger partial charge < -0.3 is 10.6 Å². The number of nitrogens with one attached hydrogen (secondary N) is 2. The van der Waals surface area contributed by atoms with E-state index in [1.165, 1.54) is 6.33 Å². The Labute approximate surface area is 138 Å². The number of aromatic nitrogens is 3. The van der Waals surface area contributed by atoms with Gasteiger partial charge in [-0.2, -0.15) is 0 Å². The Morgan fingerprint density at radius 3 is 2.62 bits per heavy atom. The van der Waals surface area contributed by atoms with Gasteiger partial charge in [0, 0.05) is 11.9 Å². The van der Waals surface area contributed by atoms with E-state index in [2.05, 4.69) is 20.8 Å². The average molecular weight is 323 g/mol. The van der Waals surface area contributed by atoms with Crippen LogP contribution in [0.5, 0.6) is 0 Å². The third kappa shape index (κ3) is 3.24. The summed E-state index contributed by atoms with van der Waals surface area (Å²) >= 11 is 0.